The summed E-state index contributed by atoms with van der Waals surface area (Å²) in [5.74, 6) is -5.74. The van der Waals surface area contributed by atoms with E-state index in [9.17, 15) is 70.9 Å². The van der Waals surface area contributed by atoms with Gasteiger partial charge in [0.05, 0.1) is 32.0 Å². The fraction of sp³-hybridized carbons (Fsp3) is 0.913. The van der Waals surface area contributed by atoms with Crippen LogP contribution < -0.4 is 5.32 Å². The molecule has 0 aliphatic carbocycles. The number of carboxylic acid groups (broad SMARTS) is 1. The van der Waals surface area contributed by atoms with E-state index < -0.39 is 136 Å². The molecule has 0 saturated carbocycles. The van der Waals surface area contributed by atoms with Crippen LogP contribution in [0.15, 0.2) is 0 Å². The highest BCUT2D eigenvalue weighted by Crippen LogP contribution is 2.38. The van der Waals surface area contributed by atoms with Crippen LogP contribution in [0.4, 0.5) is 0 Å². The van der Waals surface area contributed by atoms with Gasteiger partial charge in [0.2, 0.25) is 5.91 Å². The van der Waals surface area contributed by atoms with Gasteiger partial charge in [0.15, 0.2) is 12.6 Å². The van der Waals surface area contributed by atoms with E-state index in [2.05, 4.69) is 5.32 Å². The van der Waals surface area contributed by atoms with Gasteiger partial charge in [-0.1, -0.05) is 0 Å². The molecule has 43 heavy (non-hydrogen) atoms. The Kier molecular flexibility index (Phi) is 12.1. The Labute approximate surface area is 243 Å². The van der Waals surface area contributed by atoms with Crippen molar-refractivity contribution in [2.75, 3.05) is 19.8 Å². The smallest absolute Gasteiger partial charge is 0.364 e. The quantitative estimate of drug-likeness (QED) is 0.100. The van der Waals surface area contributed by atoms with Gasteiger partial charge in [-0.25, -0.2) is 4.79 Å². The summed E-state index contributed by atoms with van der Waals surface area (Å²) in [4.78, 5) is 24.3. The van der Waals surface area contributed by atoms with Crippen molar-refractivity contribution in [1.29, 1.82) is 0 Å². The standard InChI is InChI=1S/C23H39NO19/c1-6(28)24-11-7(29)2-23(22(37)38,42-18(11)12(31)8(30)3-25)43-19-13(32)9(4-26)40-21(16(19)35)41-17-10(5-27)39-20(36)15(34)14(17)33/h7-21,25-27,29-36H,2-5H2,1H3,(H,24,28)(H,37,38)/t7-,8+,9+,10+,11+,12+,13-,14+,15+,16+,17-,18+,19-,20?,21+,23-/m0/s1. The van der Waals surface area contributed by atoms with Gasteiger partial charge in [0, 0.05) is 13.3 Å². The summed E-state index contributed by atoms with van der Waals surface area (Å²) in [5.41, 5.74) is 0. The van der Waals surface area contributed by atoms with Crippen molar-refractivity contribution in [2.45, 2.75) is 111 Å². The van der Waals surface area contributed by atoms with E-state index >= 15 is 0 Å². The summed E-state index contributed by atoms with van der Waals surface area (Å²) in [5, 5.41) is 124. The molecule has 0 aromatic carbocycles. The second-order valence-corrected chi connectivity index (χ2v) is 10.5. The molecule has 3 saturated heterocycles. The van der Waals surface area contributed by atoms with Crippen LogP contribution in [0.3, 0.4) is 0 Å². The Hall–Kier alpha value is -1.70. The Morgan fingerprint density at radius 2 is 1.53 bits per heavy atom. The van der Waals surface area contributed by atoms with Crippen molar-refractivity contribution in [3.8, 4) is 0 Å². The topological polar surface area (TPSA) is 335 Å². The van der Waals surface area contributed by atoms with Crippen LogP contribution in [0.1, 0.15) is 13.3 Å². The summed E-state index contributed by atoms with van der Waals surface area (Å²) in [7, 11) is 0. The monoisotopic (exact) mass is 633 g/mol. The second kappa shape index (κ2) is 14.6. The van der Waals surface area contributed by atoms with Gasteiger partial charge in [-0.2, -0.15) is 0 Å². The summed E-state index contributed by atoms with van der Waals surface area (Å²) in [6.07, 6.45) is -27.8. The Morgan fingerprint density at radius 1 is 0.907 bits per heavy atom. The summed E-state index contributed by atoms with van der Waals surface area (Å²) in [6.45, 7) is -1.85. The van der Waals surface area contributed by atoms with Gasteiger partial charge >= 0.3 is 5.97 Å². The Bertz CT molecular complexity index is 942. The first-order chi connectivity index (χ1) is 20.1. The fourth-order valence-corrected chi connectivity index (χ4v) is 5.16. The van der Waals surface area contributed by atoms with Crippen molar-refractivity contribution < 1.29 is 94.6 Å². The lowest BCUT2D eigenvalue weighted by molar-refractivity contribution is -0.385. The minimum Gasteiger partial charge on any atom is -0.477 e. The van der Waals surface area contributed by atoms with Crippen molar-refractivity contribution >= 4 is 11.9 Å². The lowest BCUT2D eigenvalue weighted by Gasteiger charge is -2.50. The number of carbonyl (C=O) groups is 2. The number of hydrogen-bond donors (Lipinski definition) is 13. The van der Waals surface area contributed by atoms with Gasteiger partial charge in [-0.05, 0) is 0 Å². The zero-order valence-electron chi connectivity index (χ0n) is 22.7. The molecule has 20 heteroatoms. The van der Waals surface area contributed by atoms with Gasteiger partial charge in [0.1, 0.15) is 67.1 Å². The first-order valence-corrected chi connectivity index (χ1v) is 13.2. The van der Waals surface area contributed by atoms with E-state index in [4.69, 9.17) is 23.7 Å². The number of amides is 1. The van der Waals surface area contributed by atoms with Crippen LogP contribution in [0.25, 0.3) is 0 Å². The molecule has 1 unspecified atom stereocenters. The SMILES string of the molecule is CC(=O)N[C@H]1[C@H]([C@H](O)[C@H](O)CO)O[C@@](O[C@H]2[C@@H](O)[C@@H](CO)O[C@H](O[C@@H]3[C@H](O)[C@@H](O)C(O)O[C@@H]3CO)[C@@H]2O)(C(=O)O)C[C@@H]1O. The van der Waals surface area contributed by atoms with E-state index in [1.807, 2.05) is 0 Å². The van der Waals surface area contributed by atoms with Gasteiger partial charge in [0.25, 0.3) is 5.79 Å². The van der Waals surface area contributed by atoms with Crippen LogP contribution in [-0.4, -0.2) is 191 Å². The Morgan fingerprint density at radius 3 is 2.07 bits per heavy atom. The third-order valence-corrected chi connectivity index (χ3v) is 7.47. The summed E-state index contributed by atoms with van der Waals surface area (Å²) < 4.78 is 26.8. The highest BCUT2D eigenvalue weighted by molar-refractivity contribution is 5.76. The molecule has 3 aliphatic rings. The molecule has 3 fully saturated rings. The number of ether oxygens (including phenoxy) is 5. The maximum atomic E-state index is 12.5. The molecular formula is C23H39NO19. The molecule has 250 valence electrons. The number of carbonyl (C=O) groups excluding carboxylic acids is 1. The number of hydrogen-bond acceptors (Lipinski definition) is 18. The van der Waals surface area contributed by atoms with Crippen molar-refractivity contribution in [3.63, 3.8) is 0 Å². The van der Waals surface area contributed by atoms with E-state index in [-0.39, 0.29) is 0 Å². The molecule has 0 spiro atoms. The zero-order chi connectivity index (χ0) is 32.4. The Balaban J connectivity index is 1.94. The molecule has 0 aromatic heterocycles. The molecule has 3 rings (SSSR count). The van der Waals surface area contributed by atoms with Crippen LogP contribution in [0, 0.1) is 0 Å². The molecule has 0 bridgehead atoms. The van der Waals surface area contributed by atoms with Crippen LogP contribution >= 0.6 is 0 Å². The number of nitrogens with one attached hydrogen (secondary N) is 1. The fourth-order valence-electron chi connectivity index (χ4n) is 5.16. The lowest BCUT2D eigenvalue weighted by Crippen LogP contribution is -2.70. The predicted octanol–water partition coefficient (Wildman–Crippen LogP) is -8.22. The largest absolute Gasteiger partial charge is 0.477 e. The highest BCUT2D eigenvalue weighted by atomic mass is 16.8. The molecule has 0 aromatic rings. The van der Waals surface area contributed by atoms with Crippen molar-refractivity contribution in [2.24, 2.45) is 0 Å². The molecular weight excluding hydrogens is 594 g/mol. The normalized spacial score (nSPS) is 45.3. The van der Waals surface area contributed by atoms with Crippen LogP contribution in [-0.2, 0) is 33.3 Å². The first kappa shape index (κ1) is 35.8. The predicted molar refractivity (Wildman–Crippen MR) is 130 cm³/mol. The third kappa shape index (κ3) is 7.41. The van der Waals surface area contributed by atoms with Crippen molar-refractivity contribution in [3.05, 3.63) is 0 Å². The lowest BCUT2D eigenvalue weighted by atomic mass is 9.88. The van der Waals surface area contributed by atoms with Crippen LogP contribution in [0.2, 0.25) is 0 Å². The van der Waals surface area contributed by atoms with E-state index in [0.29, 0.717) is 0 Å². The van der Waals surface area contributed by atoms with Gasteiger partial charge < -0.3 is 90.3 Å². The average molecular weight is 634 g/mol. The number of carboxylic acids is 1. The third-order valence-electron chi connectivity index (χ3n) is 7.47. The average Bonchev–Trinajstić information content (AvgIpc) is 2.96. The summed E-state index contributed by atoms with van der Waals surface area (Å²) >= 11 is 0. The minimum absolute atomic E-state index is 0.749. The summed E-state index contributed by atoms with van der Waals surface area (Å²) in [6, 6.07) is -1.54. The molecule has 0 radical (unpaired) electrons. The molecule has 20 nitrogen and oxygen atoms in total. The second-order valence-electron chi connectivity index (χ2n) is 10.5. The number of aliphatic hydroxyl groups is 11. The zero-order valence-corrected chi connectivity index (χ0v) is 22.7. The van der Waals surface area contributed by atoms with E-state index in [1.165, 1.54) is 0 Å². The first-order valence-electron chi connectivity index (χ1n) is 13.2. The maximum absolute atomic E-state index is 12.5. The number of aliphatic hydroxyl groups excluding tert-OH is 11. The molecule has 13 N–H and O–H groups in total. The number of aliphatic carboxylic acids is 1. The molecule has 3 heterocycles. The highest BCUT2D eigenvalue weighted by Gasteiger charge is 2.60. The van der Waals surface area contributed by atoms with E-state index in [1.54, 1.807) is 0 Å². The van der Waals surface area contributed by atoms with Crippen molar-refractivity contribution in [1.82, 2.24) is 5.32 Å². The molecule has 3 aliphatic heterocycles. The van der Waals surface area contributed by atoms with Crippen LogP contribution in [0.5, 0.6) is 0 Å². The molecule has 16 atom stereocenters. The van der Waals surface area contributed by atoms with Gasteiger partial charge in [-0.15, -0.1) is 0 Å². The number of rotatable bonds is 11. The van der Waals surface area contributed by atoms with Gasteiger partial charge in [-0.3, -0.25) is 4.79 Å². The molecule has 1 amide bonds. The minimum atomic E-state index is -3.02. The maximum Gasteiger partial charge on any atom is 0.364 e. The van der Waals surface area contributed by atoms with E-state index in [0.717, 1.165) is 6.92 Å².